The third-order valence-electron chi connectivity index (χ3n) is 4.75. The molecule has 0 aliphatic carbocycles. The van der Waals surface area contributed by atoms with E-state index in [-0.39, 0.29) is 6.03 Å². The van der Waals surface area contributed by atoms with E-state index in [1.54, 1.807) is 12.1 Å². The van der Waals surface area contributed by atoms with Crippen molar-refractivity contribution in [1.82, 2.24) is 9.80 Å². The van der Waals surface area contributed by atoms with Gasteiger partial charge in [-0.25, -0.2) is 4.79 Å². The first-order chi connectivity index (χ1) is 11.7. The van der Waals surface area contributed by atoms with Gasteiger partial charge in [-0.1, -0.05) is 6.07 Å². The normalized spacial score (nSPS) is 21.5. The average molecular weight is 328 g/mol. The Bertz CT molecular complexity index is 626. The second kappa shape index (κ2) is 7.65. The Balaban J connectivity index is 1.51. The number of hydrogen-bond acceptors (Lipinski definition) is 4. The molecule has 0 bridgehead atoms. The molecule has 128 valence electrons. The predicted octanol–water partition coefficient (Wildman–Crippen LogP) is 2.20. The lowest BCUT2D eigenvalue weighted by molar-refractivity contribution is 0.0572. The lowest BCUT2D eigenvalue weighted by Gasteiger charge is -2.35. The molecule has 2 heterocycles. The minimum atomic E-state index is -0.0926. The van der Waals surface area contributed by atoms with Crippen molar-refractivity contribution in [2.24, 2.45) is 0 Å². The van der Waals surface area contributed by atoms with E-state index in [1.807, 2.05) is 17.9 Å². The number of urea groups is 1. The van der Waals surface area contributed by atoms with Gasteiger partial charge in [0, 0.05) is 45.0 Å². The minimum Gasteiger partial charge on any atom is -0.377 e. The summed E-state index contributed by atoms with van der Waals surface area (Å²) in [5.74, 6) is 0. The quantitative estimate of drug-likeness (QED) is 0.923. The van der Waals surface area contributed by atoms with Gasteiger partial charge in [0.25, 0.3) is 0 Å². The van der Waals surface area contributed by atoms with Crippen molar-refractivity contribution in [2.45, 2.75) is 25.9 Å². The van der Waals surface area contributed by atoms with Gasteiger partial charge in [0.15, 0.2) is 0 Å². The van der Waals surface area contributed by atoms with Crippen LogP contribution < -0.4 is 5.32 Å². The summed E-state index contributed by atoms with van der Waals surface area (Å²) in [5.41, 5.74) is 2.22. The van der Waals surface area contributed by atoms with Gasteiger partial charge in [0.1, 0.15) is 0 Å². The van der Waals surface area contributed by atoms with E-state index in [1.165, 1.54) is 0 Å². The molecular formula is C18H24N4O2. The third-order valence-corrected chi connectivity index (χ3v) is 4.75. The van der Waals surface area contributed by atoms with Crippen LogP contribution in [0.4, 0.5) is 10.5 Å². The van der Waals surface area contributed by atoms with E-state index in [2.05, 4.69) is 16.3 Å². The number of rotatable bonds is 3. The number of benzene rings is 1. The molecule has 3 rings (SSSR count). The molecule has 0 saturated carbocycles. The maximum Gasteiger partial charge on any atom is 0.321 e. The largest absolute Gasteiger partial charge is 0.377 e. The van der Waals surface area contributed by atoms with Gasteiger partial charge < -0.3 is 15.0 Å². The topological polar surface area (TPSA) is 68.6 Å². The highest BCUT2D eigenvalue weighted by molar-refractivity contribution is 5.90. The van der Waals surface area contributed by atoms with Crippen LogP contribution in [-0.2, 0) is 4.74 Å². The van der Waals surface area contributed by atoms with Gasteiger partial charge >= 0.3 is 6.03 Å². The van der Waals surface area contributed by atoms with Crippen LogP contribution in [0.3, 0.4) is 0 Å². The highest BCUT2D eigenvalue weighted by Crippen LogP contribution is 2.18. The van der Waals surface area contributed by atoms with Gasteiger partial charge in [-0.3, -0.25) is 4.90 Å². The number of aryl methyl sites for hydroxylation is 1. The highest BCUT2D eigenvalue weighted by Gasteiger charge is 2.25. The molecule has 0 aromatic heterocycles. The van der Waals surface area contributed by atoms with Crippen LogP contribution in [0.1, 0.15) is 24.0 Å². The second-order valence-electron chi connectivity index (χ2n) is 6.49. The predicted molar refractivity (Wildman–Crippen MR) is 91.9 cm³/mol. The summed E-state index contributed by atoms with van der Waals surface area (Å²) in [4.78, 5) is 16.7. The molecule has 0 unspecified atom stereocenters. The molecular weight excluding hydrogens is 304 g/mol. The van der Waals surface area contributed by atoms with Crippen LogP contribution in [0, 0.1) is 18.3 Å². The first-order valence-corrected chi connectivity index (χ1v) is 8.56. The van der Waals surface area contributed by atoms with E-state index >= 15 is 0 Å². The summed E-state index contributed by atoms with van der Waals surface area (Å²) in [5, 5.41) is 11.9. The van der Waals surface area contributed by atoms with Crippen LogP contribution in [-0.4, -0.2) is 61.3 Å². The fourth-order valence-corrected chi connectivity index (χ4v) is 3.23. The Hall–Kier alpha value is -2.10. The van der Waals surface area contributed by atoms with Crippen LogP contribution in [0.2, 0.25) is 0 Å². The maximum atomic E-state index is 12.5. The number of ether oxygens (including phenoxy) is 1. The number of hydrogen-bond donors (Lipinski definition) is 1. The van der Waals surface area contributed by atoms with Crippen molar-refractivity contribution in [3.8, 4) is 6.07 Å². The summed E-state index contributed by atoms with van der Waals surface area (Å²) in [6.07, 6.45) is 2.67. The van der Waals surface area contributed by atoms with Gasteiger partial charge in [-0.2, -0.15) is 5.26 Å². The van der Waals surface area contributed by atoms with Crippen molar-refractivity contribution in [3.05, 3.63) is 29.3 Å². The summed E-state index contributed by atoms with van der Waals surface area (Å²) in [7, 11) is 0. The number of nitrogens with zero attached hydrogens (tertiary/aromatic N) is 3. The molecule has 1 N–H and O–H groups in total. The zero-order valence-corrected chi connectivity index (χ0v) is 14.1. The van der Waals surface area contributed by atoms with E-state index in [9.17, 15) is 4.79 Å². The Morgan fingerprint density at radius 1 is 1.38 bits per heavy atom. The van der Waals surface area contributed by atoms with Crippen LogP contribution in [0.25, 0.3) is 0 Å². The number of piperazine rings is 1. The summed E-state index contributed by atoms with van der Waals surface area (Å²) in [6.45, 7) is 6.98. The molecule has 1 aromatic rings. The number of carbonyl (C=O) groups excluding carboxylic acids is 1. The number of amides is 2. The number of anilines is 1. The van der Waals surface area contributed by atoms with E-state index in [0.717, 1.165) is 57.7 Å². The van der Waals surface area contributed by atoms with Crippen molar-refractivity contribution in [1.29, 1.82) is 5.26 Å². The molecule has 2 saturated heterocycles. The van der Waals surface area contributed by atoms with Gasteiger partial charge in [0.2, 0.25) is 0 Å². The SMILES string of the molecule is Cc1ccc(C#N)cc1NC(=O)N1CCN(C[C@H]2CCCO2)CC1. The summed E-state index contributed by atoms with van der Waals surface area (Å²) in [6, 6.07) is 7.35. The smallest absolute Gasteiger partial charge is 0.321 e. The van der Waals surface area contributed by atoms with Crippen LogP contribution >= 0.6 is 0 Å². The van der Waals surface area contributed by atoms with Crippen LogP contribution in [0.5, 0.6) is 0 Å². The molecule has 1 aromatic carbocycles. The minimum absolute atomic E-state index is 0.0926. The summed E-state index contributed by atoms with van der Waals surface area (Å²) < 4.78 is 5.68. The molecule has 6 heteroatoms. The zero-order valence-electron chi connectivity index (χ0n) is 14.1. The Morgan fingerprint density at radius 3 is 2.83 bits per heavy atom. The third kappa shape index (κ3) is 4.05. The van der Waals surface area contributed by atoms with Crippen molar-refractivity contribution >= 4 is 11.7 Å². The zero-order chi connectivity index (χ0) is 16.9. The van der Waals surface area contributed by atoms with Gasteiger partial charge in [-0.05, 0) is 37.5 Å². The number of carbonyl (C=O) groups is 1. The standard InChI is InChI=1S/C18H24N4O2/c1-14-4-5-15(12-19)11-17(14)20-18(23)22-8-6-21(7-9-22)13-16-3-2-10-24-16/h4-5,11,16H,2-3,6-10,13H2,1H3,(H,20,23)/t16-/m1/s1. The second-order valence-corrected chi connectivity index (χ2v) is 6.49. The van der Waals surface area contributed by atoms with Crippen molar-refractivity contribution in [2.75, 3.05) is 44.6 Å². The van der Waals surface area contributed by atoms with Gasteiger partial charge in [0.05, 0.1) is 17.7 Å². The fraction of sp³-hybridized carbons (Fsp3) is 0.556. The maximum absolute atomic E-state index is 12.5. The molecule has 2 aliphatic rings. The lowest BCUT2D eigenvalue weighted by atomic mass is 10.1. The first kappa shape index (κ1) is 16.7. The van der Waals surface area contributed by atoms with Crippen LogP contribution in [0.15, 0.2) is 18.2 Å². The summed E-state index contributed by atoms with van der Waals surface area (Å²) >= 11 is 0. The van der Waals surface area contributed by atoms with E-state index in [4.69, 9.17) is 10.00 Å². The molecule has 24 heavy (non-hydrogen) atoms. The first-order valence-electron chi connectivity index (χ1n) is 8.56. The molecule has 2 amide bonds. The number of nitriles is 1. The Kier molecular flexibility index (Phi) is 5.34. The molecule has 1 atom stereocenters. The molecule has 0 radical (unpaired) electrons. The molecule has 6 nitrogen and oxygen atoms in total. The average Bonchev–Trinajstić information content (AvgIpc) is 3.10. The molecule has 0 spiro atoms. The lowest BCUT2D eigenvalue weighted by Crippen LogP contribution is -2.51. The monoisotopic (exact) mass is 328 g/mol. The Labute approximate surface area is 143 Å². The molecule has 2 aliphatic heterocycles. The fourth-order valence-electron chi connectivity index (χ4n) is 3.23. The van der Waals surface area contributed by atoms with E-state index in [0.29, 0.717) is 17.4 Å². The van der Waals surface area contributed by atoms with Crippen molar-refractivity contribution < 1.29 is 9.53 Å². The Morgan fingerprint density at radius 2 is 2.17 bits per heavy atom. The molecule has 2 fully saturated rings. The number of nitrogens with one attached hydrogen (secondary N) is 1. The van der Waals surface area contributed by atoms with Crippen molar-refractivity contribution in [3.63, 3.8) is 0 Å². The van der Waals surface area contributed by atoms with E-state index < -0.39 is 0 Å². The highest BCUT2D eigenvalue weighted by atomic mass is 16.5. The van der Waals surface area contributed by atoms with Gasteiger partial charge in [-0.15, -0.1) is 0 Å².